The molecule has 8 heteroatoms. The topological polar surface area (TPSA) is 97.0 Å². The second-order valence-corrected chi connectivity index (χ2v) is 5.26. The van der Waals surface area contributed by atoms with E-state index < -0.39 is 12.0 Å². The number of rotatable bonds is 2. The van der Waals surface area contributed by atoms with Gasteiger partial charge in [-0.2, -0.15) is 5.10 Å². The van der Waals surface area contributed by atoms with Crippen LogP contribution < -0.4 is 0 Å². The van der Waals surface area contributed by atoms with Gasteiger partial charge in [-0.25, -0.2) is 14.3 Å². The van der Waals surface area contributed by atoms with Crippen LogP contribution >= 0.6 is 0 Å². The first kappa shape index (κ1) is 14.5. The average Bonchev–Trinajstić information content (AvgIpc) is 2.90. The number of carbonyl (C=O) groups is 2. The molecule has 1 unspecified atom stereocenters. The van der Waals surface area contributed by atoms with Gasteiger partial charge in [0.1, 0.15) is 5.56 Å². The van der Waals surface area contributed by atoms with Crippen molar-refractivity contribution < 1.29 is 19.4 Å². The van der Waals surface area contributed by atoms with Crippen LogP contribution in [0.15, 0.2) is 12.3 Å². The fourth-order valence-electron chi connectivity index (χ4n) is 2.63. The summed E-state index contributed by atoms with van der Waals surface area (Å²) in [5, 5.41) is 13.4. The van der Waals surface area contributed by atoms with Gasteiger partial charge in [-0.05, 0) is 19.9 Å². The summed E-state index contributed by atoms with van der Waals surface area (Å²) in [5.74, 6) is -1.46. The van der Waals surface area contributed by atoms with E-state index in [1.165, 1.54) is 11.1 Å². The predicted molar refractivity (Wildman–Crippen MR) is 75.7 cm³/mol. The minimum atomic E-state index is -1.08. The van der Waals surface area contributed by atoms with E-state index in [0.29, 0.717) is 17.8 Å². The summed E-state index contributed by atoms with van der Waals surface area (Å²) in [5.41, 5.74) is 2.38. The highest BCUT2D eigenvalue weighted by Crippen LogP contribution is 2.17. The Bertz CT molecular complexity index is 755. The van der Waals surface area contributed by atoms with E-state index in [-0.39, 0.29) is 19.1 Å². The molecule has 1 amide bonds. The molecule has 0 aromatic carbocycles. The van der Waals surface area contributed by atoms with Crippen molar-refractivity contribution in [3.8, 4) is 0 Å². The van der Waals surface area contributed by atoms with Crippen molar-refractivity contribution in [2.75, 3.05) is 19.8 Å². The first-order valence-electron chi connectivity index (χ1n) is 6.92. The quantitative estimate of drug-likeness (QED) is 0.855. The van der Waals surface area contributed by atoms with Crippen LogP contribution in [0.2, 0.25) is 0 Å². The highest BCUT2D eigenvalue weighted by atomic mass is 16.5. The van der Waals surface area contributed by atoms with Crippen molar-refractivity contribution in [3.05, 3.63) is 29.2 Å². The van der Waals surface area contributed by atoms with Gasteiger partial charge in [0, 0.05) is 17.9 Å². The number of hydrogen-bond donors (Lipinski definition) is 1. The van der Waals surface area contributed by atoms with Gasteiger partial charge in [0.25, 0.3) is 5.91 Å². The van der Waals surface area contributed by atoms with Crippen LogP contribution in [-0.4, -0.2) is 62.3 Å². The monoisotopic (exact) mass is 304 g/mol. The number of nitrogens with zero attached hydrogens (tertiary/aromatic N) is 4. The zero-order chi connectivity index (χ0) is 15.9. The van der Waals surface area contributed by atoms with Gasteiger partial charge in [-0.3, -0.25) is 4.79 Å². The van der Waals surface area contributed by atoms with Gasteiger partial charge in [0.15, 0.2) is 11.7 Å². The summed E-state index contributed by atoms with van der Waals surface area (Å²) in [4.78, 5) is 29.7. The van der Waals surface area contributed by atoms with Gasteiger partial charge in [0.05, 0.1) is 19.4 Å². The number of aromatic nitrogens is 3. The van der Waals surface area contributed by atoms with E-state index in [9.17, 15) is 14.7 Å². The van der Waals surface area contributed by atoms with Crippen molar-refractivity contribution in [2.45, 2.75) is 19.9 Å². The third-order valence-electron chi connectivity index (χ3n) is 3.68. The molecular formula is C14H16N4O4. The summed E-state index contributed by atoms with van der Waals surface area (Å²) >= 11 is 0. The fourth-order valence-corrected chi connectivity index (χ4v) is 2.63. The molecule has 3 rings (SSSR count). The third kappa shape index (κ3) is 2.31. The van der Waals surface area contributed by atoms with Crippen LogP contribution in [0.3, 0.4) is 0 Å². The Hall–Kier alpha value is -2.48. The van der Waals surface area contributed by atoms with Crippen LogP contribution in [0, 0.1) is 13.8 Å². The summed E-state index contributed by atoms with van der Waals surface area (Å²) < 4.78 is 6.74. The Morgan fingerprint density at radius 1 is 1.41 bits per heavy atom. The van der Waals surface area contributed by atoms with Crippen LogP contribution in [0.4, 0.5) is 0 Å². The highest BCUT2D eigenvalue weighted by Gasteiger charge is 2.34. The van der Waals surface area contributed by atoms with Gasteiger partial charge in [0.2, 0.25) is 0 Å². The Morgan fingerprint density at radius 2 is 2.18 bits per heavy atom. The summed E-state index contributed by atoms with van der Waals surface area (Å²) in [6.45, 7) is 4.25. The molecule has 8 nitrogen and oxygen atoms in total. The number of carboxylic acids is 1. The molecule has 0 saturated carbocycles. The van der Waals surface area contributed by atoms with E-state index in [2.05, 4.69) is 10.1 Å². The summed E-state index contributed by atoms with van der Waals surface area (Å²) in [6.07, 6.45) is 1.44. The number of fused-ring (bicyclic) bond motifs is 1. The lowest BCUT2D eigenvalue weighted by Crippen LogP contribution is -2.52. The van der Waals surface area contributed by atoms with Crippen molar-refractivity contribution >= 4 is 17.5 Å². The largest absolute Gasteiger partial charge is 0.480 e. The van der Waals surface area contributed by atoms with Crippen LogP contribution in [0.5, 0.6) is 0 Å². The number of carboxylic acid groups (broad SMARTS) is 1. The first-order chi connectivity index (χ1) is 10.5. The first-order valence-corrected chi connectivity index (χ1v) is 6.92. The Labute approximate surface area is 126 Å². The Morgan fingerprint density at radius 3 is 2.91 bits per heavy atom. The van der Waals surface area contributed by atoms with Crippen LogP contribution in [0.1, 0.15) is 21.7 Å². The molecule has 0 aliphatic carbocycles. The third-order valence-corrected chi connectivity index (χ3v) is 3.68. The molecule has 0 bridgehead atoms. The maximum absolute atomic E-state index is 12.7. The minimum absolute atomic E-state index is 0.00816. The molecule has 2 aromatic rings. The van der Waals surface area contributed by atoms with Gasteiger partial charge >= 0.3 is 5.97 Å². The number of aryl methyl sites for hydroxylation is 2. The van der Waals surface area contributed by atoms with E-state index in [1.807, 2.05) is 19.9 Å². The lowest BCUT2D eigenvalue weighted by molar-refractivity contribution is -0.147. The van der Waals surface area contributed by atoms with Gasteiger partial charge in [-0.15, -0.1) is 0 Å². The zero-order valence-corrected chi connectivity index (χ0v) is 12.3. The number of aliphatic carboxylic acids is 1. The molecule has 1 fully saturated rings. The molecular weight excluding hydrogens is 288 g/mol. The van der Waals surface area contributed by atoms with Crippen LogP contribution in [-0.2, 0) is 9.53 Å². The van der Waals surface area contributed by atoms with Gasteiger partial charge < -0.3 is 14.7 Å². The molecule has 1 N–H and O–H groups in total. The SMILES string of the molecule is Cc1cc(C)n2ncc(C(=O)N3CCOCC3C(=O)O)c2n1. The zero-order valence-electron chi connectivity index (χ0n) is 12.3. The number of ether oxygens (including phenoxy) is 1. The molecule has 2 aromatic heterocycles. The standard InChI is InChI=1S/C14H16N4O4/c1-8-5-9(2)18-12(16-8)10(6-15-18)13(19)17-3-4-22-7-11(17)14(20)21/h5-6,11H,3-4,7H2,1-2H3,(H,20,21). The van der Waals surface area contributed by atoms with Crippen molar-refractivity contribution in [3.63, 3.8) is 0 Å². The number of hydrogen-bond acceptors (Lipinski definition) is 5. The Balaban J connectivity index is 2.03. The lowest BCUT2D eigenvalue weighted by atomic mass is 10.2. The highest BCUT2D eigenvalue weighted by molar-refractivity contribution is 6.01. The van der Waals surface area contributed by atoms with Crippen molar-refractivity contribution in [2.24, 2.45) is 0 Å². The molecule has 0 radical (unpaired) electrons. The van der Waals surface area contributed by atoms with Crippen LogP contribution in [0.25, 0.3) is 5.65 Å². The molecule has 3 heterocycles. The normalized spacial score (nSPS) is 18.6. The summed E-state index contributed by atoms with van der Waals surface area (Å²) in [7, 11) is 0. The second kappa shape index (κ2) is 5.38. The molecule has 1 saturated heterocycles. The minimum Gasteiger partial charge on any atom is -0.480 e. The predicted octanol–water partition coefficient (Wildman–Crippen LogP) is 0.272. The maximum atomic E-state index is 12.7. The number of morpholine rings is 1. The van der Waals surface area contributed by atoms with Crippen molar-refractivity contribution in [1.29, 1.82) is 0 Å². The van der Waals surface area contributed by atoms with E-state index in [1.54, 1.807) is 4.52 Å². The molecule has 1 aliphatic heterocycles. The smallest absolute Gasteiger partial charge is 0.328 e. The van der Waals surface area contributed by atoms with E-state index in [4.69, 9.17) is 4.74 Å². The number of amides is 1. The lowest BCUT2D eigenvalue weighted by Gasteiger charge is -2.32. The summed E-state index contributed by atoms with van der Waals surface area (Å²) in [6, 6.07) is 0.880. The maximum Gasteiger partial charge on any atom is 0.328 e. The molecule has 0 spiro atoms. The van der Waals surface area contributed by atoms with Crippen molar-refractivity contribution in [1.82, 2.24) is 19.5 Å². The molecule has 1 aliphatic rings. The fraction of sp³-hybridized carbons (Fsp3) is 0.429. The average molecular weight is 304 g/mol. The van der Waals surface area contributed by atoms with Gasteiger partial charge in [-0.1, -0.05) is 0 Å². The molecule has 116 valence electrons. The molecule has 1 atom stereocenters. The van der Waals surface area contributed by atoms with E-state index >= 15 is 0 Å². The second-order valence-electron chi connectivity index (χ2n) is 5.26. The van der Waals surface area contributed by atoms with E-state index in [0.717, 1.165) is 11.4 Å². The number of carbonyl (C=O) groups excluding carboxylic acids is 1. The Kier molecular flexibility index (Phi) is 3.53. The molecule has 22 heavy (non-hydrogen) atoms.